The Morgan fingerprint density at radius 1 is 1.00 bits per heavy atom. The minimum absolute atomic E-state index is 0.467. The Bertz CT molecular complexity index is 1400. The molecule has 9 nitrogen and oxygen atoms in total. The lowest BCUT2D eigenvalue weighted by Crippen LogP contribution is -2.31. The fourth-order valence-corrected chi connectivity index (χ4v) is 4.31. The molecule has 5 heterocycles. The first-order valence-electron chi connectivity index (χ1n) is 10.9. The third-order valence-corrected chi connectivity index (χ3v) is 6.14. The molecule has 4 aromatic heterocycles. The van der Waals surface area contributed by atoms with Crippen LogP contribution in [0.25, 0.3) is 27.8 Å². The summed E-state index contributed by atoms with van der Waals surface area (Å²) in [6.45, 7) is 2.22. The van der Waals surface area contributed by atoms with Gasteiger partial charge in [-0.3, -0.25) is 9.67 Å². The van der Waals surface area contributed by atoms with Gasteiger partial charge >= 0.3 is 0 Å². The van der Waals surface area contributed by atoms with E-state index >= 15 is 0 Å². The van der Waals surface area contributed by atoms with Crippen LogP contribution in [-0.4, -0.2) is 64.8 Å². The number of likely N-dealkylation sites (tertiary alicyclic amines) is 1. The number of hydrogen-bond acceptors (Lipinski definition) is 7. The number of benzene rings is 1. The van der Waals surface area contributed by atoms with Crippen LogP contribution in [0.2, 0.25) is 0 Å². The second-order valence-electron chi connectivity index (χ2n) is 8.42. The molecule has 1 fully saturated rings. The Hall–Kier alpha value is -3.72. The standard InChI is InChI=1S/C23H23N9/c1-30-8-6-18(7-9-30)31-15-16(12-26-31)10-22-25-14-21-23(27-22)32(29-28-21)19-11-17-4-2-3-5-20(17)24-13-19/h2-5,11-15,18H,6-10H2,1H3. The van der Waals surface area contributed by atoms with Crippen molar-refractivity contribution >= 4 is 22.1 Å². The lowest BCUT2D eigenvalue weighted by Gasteiger charge is -2.28. The second-order valence-corrected chi connectivity index (χ2v) is 8.42. The van der Waals surface area contributed by atoms with Gasteiger partial charge in [0, 0.05) is 18.0 Å². The van der Waals surface area contributed by atoms with Crippen LogP contribution in [-0.2, 0) is 6.42 Å². The van der Waals surface area contributed by atoms with Crippen LogP contribution in [0, 0.1) is 0 Å². The van der Waals surface area contributed by atoms with Crippen molar-refractivity contribution in [2.75, 3.05) is 20.1 Å². The Morgan fingerprint density at radius 3 is 2.78 bits per heavy atom. The summed E-state index contributed by atoms with van der Waals surface area (Å²) < 4.78 is 3.83. The molecule has 0 atom stereocenters. The number of rotatable bonds is 4. The SMILES string of the molecule is CN1CCC(n2cc(Cc3ncc4nnn(-c5cnc6ccccc6c5)c4n3)cn2)CC1. The molecule has 9 heteroatoms. The van der Waals surface area contributed by atoms with E-state index in [1.807, 2.05) is 36.5 Å². The molecule has 0 radical (unpaired) electrons. The first-order valence-corrected chi connectivity index (χ1v) is 10.9. The topological polar surface area (TPSA) is 90.4 Å². The average molecular weight is 426 g/mol. The maximum Gasteiger partial charge on any atom is 0.187 e. The van der Waals surface area contributed by atoms with Crippen molar-refractivity contribution in [1.29, 1.82) is 0 Å². The van der Waals surface area contributed by atoms with Crippen molar-refractivity contribution in [3.8, 4) is 5.69 Å². The van der Waals surface area contributed by atoms with Crippen LogP contribution in [0.3, 0.4) is 0 Å². The summed E-state index contributed by atoms with van der Waals surface area (Å²) >= 11 is 0. The molecule has 1 aliphatic heterocycles. The van der Waals surface area contributed by atoms with Gasteiger partial charge in [-0.2, -0.15) is 9.78 Å². The lowest BCUT2D eigenvalue weighted by molar-refractivity contribution is 0.212. The maximum absolute atomic E-state index is 4.77. The van der Waals surface area contributed by atoms with Crippen molar-refractivity contribution < 1.29 is 0 Å². The van der Waals surface area contributed by atoms with Gasteiger partial charge in [0.2, 0.25) is 0 Å². The van der Waals surface area contributed by atoms with Crippen molar-refractivity contribution in [2.24, 2.45) is 0 Å². The summed E-state index contributed by atoms with van der Waals surface area (Å²) in [5.74, 6) is 0.720. The minimum atomic E-state index is 0.467. The van der Waals surface area contributed by atoms with Gasteiger partial charge in [-0.1, -0.05) is 23.4 Å². The maximum atomic E-state index is 4.77. The zero-order chi connectivity index (χ0) is 21.5. The van der Waals surface area contributed by atoms with E-state index in [1.165, 1.54) is 0 Å². The molecule has 1 saturated heterocycles. The summed E-state index contributed by atoms with van der Waals surface area (Å²) in [5, 5.41) is 14.2. The van der Waals surface area contributed by atoms with Gasteiger partial charge in [0.15, 0.2) is 11.2 Å². The lowest BCUT2D eigenvalue weighted by atomic mass is 10.1. The predicted octanol–water partition coefficient (Wildman–Crippen LogP) is 2.81. The summed E-state index contributed by atoms with van der Waals surface area (Å²) in [6, 6.07) is 10.5. The molecule has 0 saturated carbocycles. The van der Waals surface area contributed by atoms with E-state index in [1.54, 1.807) is 17.1 Å². The zero-order valence-corrected chi connectivity index (χ0v) is 17.8. The quantitative estimate of drug-likeness (QED) is 0.437. The molecule has 0 amide bonds. The van der Waals surface area contributed by atoms with Crippen LogP contribution in [0.1, 0.15) is 30.3 Å². The molecule has 1 aliphatic rings. The molecule has 6 rings (SSSR count). The number of hydrogen-bond donors (Lipinski definition) is 0. The molecule has 0 N–H and O–H groups in total. The van der Waals surface area contributed by atoms with Crippen LogP contribution < -0.4 is 0 Å². The minimum Gasteiger partial charge on any atom is -0.306 e. The van der Waals surface area contributed by atoms with Gasteiger partial charge in [0.05, 0.1) is 35.8 Å². The summed E-state index contributed by atoms with van der Waals surface area (Å²) in [7, 11) is 2.17. The fourth-order valence-electron chi connectivity index (χ4n) is 4.31. The van der Waals surface area contributed by atoms with Gasteiger partial charge in [-0.15, -0.1) is 5.10 Å². The van der Waals surface area contributed by atoms with Crippen LogP contribution in [0.4, 0.5) is 0 Å². The number of fused-ring (bicyclic) bond motifs is 2. The average Bonchev–Trinajstić information content (AvgIpc) is 3.46. The van der Waals surface area contributed by atoms with E-state index in [0.29, 0.717) is 23.6 Å². The number of para-hydroxylation sites is 1. The van der Waals surface area contributed by atoms with Crippen molar-refractivity contribution in [3.63, 3.8) is 0 Å². The van der Waals surface area contributed by atoms with Crippen LogP contribution in [0.15, 0.2) is 55.1 Å². The molecular formula is C23H23N9. The van der Waals surface area contributed by atoms with E-state index in [2.05, 4.69) is 48.2 Å². The smallest absolute Gasteiger partial charge is 0.187 e. The molecular weight excluding hydrogens is 402 g/mol. The van der Waals surface area contributed by atoms with E-state index < -0.39 is 0 Å². The normalized spacial score (nSPS) is 15.7. The summed E-state index contributed by atoms with van der Waals surface area (Å²) in [4.78, 5) is 16.2. The third-order valence-electron chi connectivity index (χ3n) is 6.14. The molecule has 1 aromatic carbocycles. The number of pyridine rings is 1. The Kier molecular flexibility index (Phi) is 4.61. The third kappa shape index (κ3) is 3.50. The highest BCUT2D eigenvalue weighted by Crippen LogP contribution is 2.22. The van der Waals surface area contributed by atoms with E-state index in [9.17, 15) is 0 Å². The highest BCUT2D eigenvalue weighted by molar-refractivity contribution is 5.81. The highest BCUT2D eigenvalue weighted by Gasteiger charge is 2.19. The zero-order valence-electron chi connectivity index (χ0n) is 17.8. The second kappa shape index (κ2) is 7.76. The van der Waals surface area contributed by atoms with E-state index in [-0.39, 0.29) is 0 Å². The molecule has 32 heavy (non-hydrogen) atoms. The van der Waals surface area contributed by atoms with Gasteiger partial charge in [-0.05, 0) is 50.7 Å². The van der Waals surface area contributed by atoms with Gasteiger partial charge in [-0.25, -0.2) is 9.97 Å². The molecule has 0 aliphatic carbocycles. The van der Waals surface area contributed by atoms with Gasteiger partial charge < -0.3 is 4.90 Å². The van der Waals surface area contributed by atoms with E-state index in [4.69, 9.17) is 4.98 Å². The van der Waals surface area contributed by atoms with Crippen molar-refractivity contribution in [3.05, 3.63) is 66.5 Å². The van der Waals surface area contributed by atoms with E-state index in [0.717, 1.165) is 53.9 Å². The predicted molar refractivity (Wildman–Crippen MR) is 121 cm³/mol. The number of nitrogens with zero attached hydrogens (tertiary/aromatic N) is 9. The van der Waals surface area contributed by atoms with Gasteiger partial charge in [0.25, 0.3) is 0 Å². The molecule has 0 spiro atoms. The fraction of sp³-hybridized carbons (Fsp3) is 0.304. The van der Waals surface area contributed by atoms with Crippen molar-refractivity contribution in [2.45, 2.75) is 25.3 Å². The highest BCUT2D eigenvalue weighted by atomic mass is 15.4. The van der Waals surface area contributed by atoms with Gasteiger partial charge in [0.1, 0.15) is 5.82 Å². The monoisotopic (exact) mass is 425 g/mol. The number of piperidine rings is 1. The van der Waals surface area contributed by atoms with Crippen LogP contribution >= 0.6 is 0 Å². The number of aromatic nitrogens is 8. The molecule has 0 unspecified atom stereocenters. The first-order chi connectivity index (χ1) is 15.7. The van der Waals surface area contributed by atoms with Crippen molar-refractivity contribution in [1.82, 2.24) is 44.6 Å². The Labute approximate surface area is 184 Å². The summed E-state index contributed by atoms with van der Waals surface area (Å²) in [5.41, 5.74) is 4.21. The summed E-state index contributed by atoms with van der Waals surface area (Å²) in [6.07, 6.45) is 10.5. The molecule has 0 bridgehead atoms. The molecule has 5 aromatic rings. The Balaban J connectivity index is 1.28. The molecule has 160 valence electrons. The largest absolute Gasteiger partial charge is 0.306 e. The Morgan fingerprint density at radius 2 is 1.88 bits per heavy atom. The first kappa shape index (κ1) is 19.0. The van der Waals surface area contributed by atoms with Crippen LogP contribution in [0.5, 0.6) is 0 Å².